The highest BCUT2D eigenvalue weighted by atomic mass is 35.5. The largest absolute Gasteiger partial charge is 0.490 e. The van der Waals surface area contributed by atoms with Crippen molar-refractivity contribution in [2.24, 2.45) is 0 Å². The van der Waals surface area contributed by atoms with Gasteiger partial charge in [0.25, 0.3) is 0 Å². The smallest absolute Gasteiger partial charge is 0.180 e. The van der Waals surface area contributed by atoms with Gasteiger partial charge in [0.1, 0.15) is 6.61 Å². The highest BCUT2D eigenvalue weighted by molar-refractivity contribution is 6.32. The molecule has 3 rings (SSSR count). The van der Waals surface area contributed by atoms with Gasteiger partial charge in [0, 0.05) is 17.3 Å². The predicted molar refractivity (Wildman–Crippen MR) is 117 cm³/mol. The van der Waals surface area contributed by atoms with Gasteiger partial charge in [0.2, 0.25) is 0 Å². The van der Waals surface area contributed by atoms with E-state index in [1.165, 1.54) is 5.56 Å². The number of aryl methyl sites for hydroxylation is 1. The Morgan fingerprint density at radius 1 is 0.929 bits per heavy atom. The summed E-state index contributed by atoms with van der Waals surface area (Å²) in [7, 11) is 0. The summed E-state index contributed by atoms with van der Waals surface area (Å²) >= 11 is 12.5. The minimum atomic E-state index is 0.439. The second-order valence-corrected chi connectivity index (χ2v) is 7.26. The number of hydrogen-bond donors (Lipinski definition) is 1. The van der Waals surface area contributed by atoms with Crippen LogP contribution in [0.2, 0.25) is 10.0 Å². The zero-order valence-electron chi connectivity index (χ0n) is 16.0. The van der Waals surface area contributed by atoms with Crippen molar-refractivity contribution in [1.29, 1.82) is 0 Å². The van der Waals surface area contributed by atoms with Crippen molar-refractivity contribution < 1.29 is 9.47 Å². The number of benzene rings is 3. The van der Waals surface area contributed by atoms with Crippen LogP contribution in [0.1, 0.15) is 23.6 Å². The Bertz CT molecular complexity index is 926. The summed E-state index contributed by atoms with van der Waals surface area (Å²) in [6.07, 6.45) is 0. The Labute approximate surface area is 176 Å². The molecule has 0 radical (unpaired) electrons. The first-order valence-corrected chi connectivity index (χ1v) is 9.94. The van der Waals surface area contributed by atoms with Gasteiger partial charge in [-0.05, 0) is 66.9 Å². The molecule has 0 fully saturated rings. The van der Waals surface area contributed by atoms with Gasteiger partial charge in [-0.15, -0.1) is 0 Å². The summed E-state index contributed by atoms with van der Waals surface area (Å²) < 4.78 is 11.8. The lowest BCUT2D eigenvalue weighted by molar-refractivity contribution is 0.269. The van der Waals surface area contributed by atoms with Crippen molar-refractivity contribution in [3.8, 4) is 11.5 Å². The topological polar surface area (TPSA) is 30.5 Å². The summed E-state index contributed by atoms with van der Waals surface area (Å²) in [4.78, 5) is 0. The van der Waals surface area contributed by atoms with Gasteiger partial charge in [0.05, 0.1) is 11.6 Å². The van der Waals surface area contributed by atoms with Crippen molar-refractivity contribution in [2.45, 2.75) is 27.0 Å². The first kappa shape index (κ1) is 20.4. The molecule has 0 unspecified atom stereocenters. The van der Waals surface area contributed by atoms with Crippen LogP contribution >= 0.6 is 23.2 Å². The van der Waals surface area contributed by atoms with Crippen LogP contribution < -0.4 is 14.8 Å². The van der Waals surface area contributed by atoms with Crippen LogP contribution in [0.3, 0.4) is 0 Å². The fourth-order valence-electron chi connectivity index (χ4n) is 2.82. The van der Waals surface area contributed by atoms with Crippen LogP contribution in [0.25, 0.3) is 0 Å². The number of halogens is 2. The minimum absolute atomic E-state index is 0.439. The maximum atomic E-state index is 6.53. The van der Waals surface area contributed by atoms with E-state index >= 15 is 0 Å². The molecule has 0 aliphatic carbocycles. The van der Waals surface area contributed by atoms with E-state index in [-0.39, 0.29) is 0 Å². The quantitative estimate of drug-likeness (QED) is 0.434. The van der Waals surface area contributed by atoms with Gasteiger partial charge in [-0.25, -0.2) is 0 Å². The van der Waals surface area contributed by atoms with Gasteiger partial charge in [0.15, 0.2) is 11.5 Å². The highest BCUT2D eigenvalue weighted by Crippen LogP contribution is 2.37. The second kappa shape index (κ2) is 9.72. The SMILES string of the molecule is CCOc1cc(CNc2ccc(Cl)cc2)cc(Cl)c1OCc1ccccc1C. The number of hydrogen-bond acceptors (Lipinski definition) is 3. The monoisotopic (exact) mass is 415 g/mol. The molecule has 0 aliphatic heterocycles. The molecule has 3 aromatic rings. The third kappa shape index (κ3) is 5.34. The van der Waals surface area contributed by atoms with Crippen LogP contribution in [-0.4, -0.2) is 6.61 Å². The molecule has 0 aromatic heterocycles. The molecule has 5 heteroatoms. The molecule has 146 valence electrons. The normalized spacial score (nSPS) is 10.6. The van der Waals surface area contributed by atoms with E-state index in [9.17, 15) is 0 Å². The first-order chi connectivity index (χ1) is 13.6. The van der Waals surface area contributed by atoms with Crippen molar-refractivity contribution in [3.05, 3.63) is 87.4 Å². The van der Waals surface area contributed by atoms with Crippen molar-refractivity contribution in [3.63, 3.8) is 0 Å². The predicted octanol–water partition coefficient (Wildman–Crippen LogP) is 6.89. The second-order valence-electron chi connectivity index (χ2n) is 6.41. The van der Waals surface area contributed by atoms with Crippen LogP contribution in [-0.2, 0) is 13.2 Å². The van der Waals surface area contributed by atoms with Gasteiger partial charge < -0.3 is 14.8 Å². The maximum Gasteiger partial charge on any atom is 0.180 e. The zero-order valence-corrected chi connectivity index (χ0v) is 17.5. The third-order valence-corrected chi connectivity index (χ3v) is 4.88. The lowest BCUT2D eigenvalue weighted by Crippen LogP contribution is -2.04. The number of anilines is 1. The number of rotatable bonds is 8. The summed E-state index contributed by atoms with van der Waals surface area (Å²) in [5.74, 6) is 1.22. The van der Waals surface area contributed by atoms with E-state index in [2.05, 4.69) is 18.3 Å². The molecular formula is C23H23Cl2NO2. The first-order valence-electron chi connectivity index (χ1n) is 9.18. The molecule has 0 saturated carbocycles. The average Bonchev–Trinajstić information content (AvgIpc) is 2.68. The Morgan fingerprint density at radius 2 is 1.68 bits per heavy atom. The summed E-state index contributed by atoms with van der Waals surface area (Å²) in [5, 5.41) is 4.60. The van der Waals surface area contributed by atoms with Crippen LogP contribution in [0.4, 0.5) is 5.69 Å². The lowest BCUT2D eigenvalue weighted by atomic mass is 10.1. The van der Waals surface area contributed by atoms with Crippen LogP contribution in [0.15, 0.2) is 60.7 Å². The molecule has 3 aromatic carbocycles. The highest BCUT2D eigenvalue weighted by Gasteiger charge is 2.13. The summed E-state index contributed by atoms with van der Waals surface area (Å²) in [6.45, 7) is 5.59. The van der Waals surface area contributed by atoms with Crippen LogP contribution in [0, 0.1) is 6.92 Å². The zero-order chi connectivity index (χ0) is 19.9. The molecule has 0 spiro atoms. The average molecular weight is 416 g/mol. The van der Waals surface area contributed by atoms with Crippen molar-refractivity contribution >= 4 is 28.9 Å². The molecule has 1 N–H and O–H groups in total. The number of ether oxygens (including phenoxy) is 2. The molecule has 0 saturated heterocycles. The van der Waals surface area contributed by atoms with E-state index in [0.717, 1.165) is 16.8 Å². The van der Waals surface area contributed by atoms with E-state index in [0.29, 0.717) is 41.3 Å². The van der Waals surface area contributed by atoms with Crippen LogP contribution in [0.5, 0.6) is 11.5 Å². The molecule has 0 bridgehead atoms. The molecule has 0 heterocycles. The fraction of sp³-hybridized carbons (Fsp3) is 0.217. The van der Waals surface area contributed by atoms with Gasteiger partial charge in [-0.3, -0.25) is 0 Å². The van der Waals surface area contributed by atoms with Gasteiger partial charge in [-0.2, -0.15) is 0 Å². The van der Waals surface area contributed by atoms with E-state index in [4.69, 9.17) is 32.7 Å². The molecule has 0 atom stereocenters. The Balaban J connectivity index is 1.75. The fourth-order valence-corrected chi connectivity index (χ4v) is 3.23. The summed E-state index contributed by atoms with van der Waals surface area (Å²) in [5.41, 5.74) is 4.29. The Kier molecular flexibility index (Phi) is 7.07. The van der Waals surface area contributed by atoms with E-state index in [1.54, 1.807) is 0 Å². The Morgan fingerprint density at radius 3 is 2.39 bits per heavy atom. The lowest BCUT2D eigenvalue weighted by Gasteiger charge is -2.16. The third-order valence-electron chi connectivity index (χ3n) is 4.34. The van der Waals surface area contributed by atoms with Gasteiger partial charge in [-0.1, -0.05) is 47.5 Å². The molecule has 3 nitrogen and oxygen atoms in total. The Hall–Kier alpha value is -2.36. The minimum Gasteiger partial charge on any atom is -0.490 e. The van der Waals surface area contributed by atoms with E-state index in [1.807, 2.05) is 61.5 Å². The number of nitrogens with one attached hydrogen (secondary N) is 1. The summed E-state index contributed by atoms with van der Waals surface area (Å²) in [6, 6.07) is 19.6. The molecular weight excluding hydrogens is 393 g/mol. The van der Waals surface area contributed by atoms with Gasteiger partial charge >= 0.3 is 0 Å². The van der Waals surface area contributed by atoms with Crippen molar-refractivity contribution in [2.75, 3.05) is 11.9 Å². The maximum absolute atomic E-state index is 6.53. The molecule has 28 heavy (non-hydrogen) atoms. The molecule has 0 aliphatic rings. The van der Waals surface area contributed by atoms with Crippen molar-refractivity contribution in [1.82, 2.24) is 0 Å². The van der Waals surface area contributed by atoms with E-state index < -0.39 is 0 Å². The standard InChI is InChI=1S/C23H23Cl2NO2/c1-3-27-22-13-17(14-26-20-10-8-19(24)9-11-20)12-21(25)23(22)28-15-18-7-5-4-6-16(18)2/h4-13,26H,3,14-15H2,1-2H3. The molecule has 0 amide bonds.